The van der Waals surface area contributed by atoms with Crippen LogP contribution in [0.2, 0.25) is 0 Å². The Balaban J connectivity index is 2.15. The summed E-state index contributed by atoms with van der Waals surface area (Å²) in [5.74, 6) is -1.01. The topological polar surface area (TPSA) is 9.23 Å². The SMILES string of the molecule is COc1ccc(CC(Cl)c2cccc(F)c2F)cc1. The van der Waals surface area contributed by atoms with Crippen molar-refractivity contribution < 1.29 is 13.5 Å². The Hall–Kier alpha value is -1.61. The molecule has 0 heterocycles. The predicted molar refractivity (Wildman–Crippen MR) is 71.7 cm³/mol. The highest BCUT2D eigenvalue weighted by molar-refractivity contribution is 6.20. The Morgan fingerprint density at radius 3 is 2.42 bits per heavy atom. The molecule has 0 aliphatic heterocycles. The number of alkyl halides is 1. The number of halogens is 3. The lowest BCUT2D eigenvalue weighted by atomic mass is 10.0. The highest BCUT2D eigenvalue weighted by atomic mass is 35.5. The van der Waals surface area contributed by atoms with Crippen LogP contribution in [0.1, 0.15) is 16.5 Å². The van der Waals surface area contributed by atoms with Crippen LogP contribution < -0.4 is 4.74 Å². The van der Waals surface area contributed by atoms with E-state index in [0.717, 1.165) is 17.4 Å². The molecule has 0 aromatic heterocycles. The first kappa shape index (κ1) is 13.8. The van der Waals surface area contributed by atoms with Gasteiger partial charge in [-0.05, 0) is 30.2 Å². The minimum atomic E-state index is -0.879. The molecule has 2 rings (SSSR count). The molecule has 2 aromatic carbocycles. The van der Waals surface area contributed by atoms with E-state index in [1.807, 2.05) is 12.1 Å². The molecule has 0 amide bonds. The van der Waals surface area contributed by atoms with Crippen molar-refractivity contribution in [2.24, 2.45) is 0 Å². The van der Waals surface area contributed by atoms with Crippen LogP contribution in [0.3, 0.4) is 0 Å². The van der Waals surface area contributed by atoms with Crippen molar-refractivity contribution in [2.45, 2.75) is 11.8 Å². The third-order valence-electron chi connectivity index (χ3n) is 2.89. The third kappa shape index (κ3) is 3.24. The highest BCUT2D eigenvalue weighted by Crippen LogP contribution is 2.28. The lowest BCUT2D eigenvalue weighted by Crippen LogP contribution is -2.01. The standard InChI is InChI=1S/C15H13ClF2O/c1-19-11-7-5-10(6-8-11)9-13(16)12-3-2-4-14(17)15(12)18/h2-8,13H,9H2,1H3. The second kappa shape index (κ2) is 6.02. The van der Waals surface area contributed by atoms with Gasteiger partial charge in [0.25, 0.3) is 0 Å². The molecule has 0 spiro atoms. The van der Waals surface area contributed by atoms with E-state index in [4.69, 9.17) is 16.3 Å². The Morgan fingerprint density at radius 1 is 1.11 bits per heavy atom. The number of ether oxygens (including phenoxy) is 1. The van der Waals surface area contributed by atoms with Gasteiger partial charge in [-0.2, -0.15) is 0 Å². The van der Waals surface area contributed by atoms with Crippen LogP contribution in [-0.4, -0.2) is 7.11 Å². The van der Waals surface area contributed by atoms with E-state index >= 15 is 0 Å². The summed E-state index contributed by atoms with van der Waals surface area (Å²) in [5.41, 5.74) is 1.11. The van der Waals surface area contributed by atoms with Crippen LogP contribution in [-0.2, 0) is 6.42 Å². The van der Waals surface area contributed by atoms with Gasteiger partial charge in [0.1, 0.15) is 5.75 Å². The van der Waals surface area contributed by atoms with Gasteiger partial charge < -0.3 is 4.74 Å². The van der Waals surface area contributed by atoms with E-state index in [1.165, 1.54) is 12.1 Å². The zero-order chi connectivity index (χ0) is 13.8. The molecule has 0 saturated heterocycles. The summed E-state index contributed by atoms with van der Waals surface area (Å²) < 4.78 is 31.8. The zero-order valence-electron chi connectivity index (χ0n) is 10.4. The van der Waals surface area contributed by atoms with Crippen molar-refractivity contribution in [1.82, 2.24) is 0 Å². The minimum absolute atomic E-state index is 0.178. The lowest BCUT2D eigenvalue weighted by molar-refractivity contribution is 0.414. The van der Waals surface area contributed by atoms with E-state index in [9.17, 15) is 8.78 Å². The molecule has 0 N–H and O–H groups in total. The van der Waals surface area contributed by atoms with E-state index in [0.29, 0.717) is 6.42 Å². The first-order valence-electron chi connectivity index (χ1n) is 5.82. The van der Waals surface area contributed by atoms with Crippen LogP contribution in [0, 0.1) is 11.6 Å². The molecule has 19 heavy (non-hydrogen) atoms. The van der Waals surface area contributed by atoms with Crippen LogP contribution in [0.4, 0.5) is 8.78 Å². The summed E-state index contributed by atoms with van der Waals surface area (Å²) >= 11 is 6.15. The minimum Gasteiger partial charge on any atom is -0.497 e. The van der Waals surface area contributed by atoms with Crippen molar-refractivity contribution in [3.63, 3.8) is 0 Å². The normalized spacial score (nSPS) is 12.2. The van der Waals surface area contributed by atoms with Crippen LogP contribution in [0.25, 0.3) is 0 Å². The van der Waals surface area contributed by atoms with E-state index in [1.54, 1.807) is 19.2 Å². The van der Waals surface area contributed by atoms with Gasteiger partial charge in [-0.25, -0.2) is 8.78 Å². The fourth-order valence-electron chi connectivity index (χ4n) is 1.84. The molecular formula is C15H13ClF2O. The summed E-state index contributed by atoms with van der Waals surface area (Å²) in [7, 11) is 1.58. The molecule has 1 atom stereocenters. The summed E-state index contributed by atoms with van der Waals surface area (Å²) in [6, 6.07) is 11.4. The molecule has 1 unspecified atom stereocenters. The van der Waals surface area contributed by atoms with Crippen LogP contribution in [0.15, 0.2) is 42.5 Å². The maximum absolute atomic E-state index is 13.6. The second-order valence-electron chi connectivity index (χ2n) is 4.16. The average molecular weight is 283 g/mol. The maximum Gasteiger partial charge on any atom is 0.163 e. The smallest absolute Gasteiger partial charge is 0.163 e. The lowest BCUT2D eigenvalue weighted by Gasteiger charge is -2.11. The molecule has 0 saturated carbocycles. The van der Waals surface area contributed by atoms with Crippen LogP contribution in [0.5, 0.6) is 5.75 Å². The van der Waals surface area contributed by atoms with Gasteiger partial charge in [-0.3, -0.25) is 0 Å². The van der Waals surface area contributed by atoms with Crippen molar-refractivity contribution in [3.05, 3.63) is 65.2 Å². The molecule has 0 aliphatic rings. The largest absolute Gasteiger partial charge is 0.497 e. The molecule has 0 radical (unpaired) electrons. The Kier molecular flexibility index (Phi) is 4.38. The quantitative estimate of drug-likeness (QED) is 0.751. The van der Waals surface area contributed by atoms with E-state index in [-0.39, 0.29) is 5.56 Å². The number of hydrogen-bond donors (Lipinski definition) is 0. The molecule has 0 fully saturated rings. The summed E-state index contributed by atoms with van der Waals surface area (Å²) in [6.07, 6.45) is 0.423. The van der Waals surface area contributed by atoms with Crippen molar-refractivity contribution >= 4 is 11.6 Å². The van der Waals surface area contributed by atoms with Gasteiger partial charge in [-0.1, -0.05) is 24.3 Å². The summed E-state index contributed by atoms with van der Waals surface area (Å²) in [5, 5.41) is -0.607. The average Bonchev–Trinajstić information content (AvgIpc) is 2.42. The monoisotopic (exact) mass is 282 g/mol. The number of hydrogen-bond acceptors (Lipinski definition) is 1. The first-order chi connectivity index (χ1) is 9.11. The van der Waals surface area contributed by atoms with Crippen LogP contribution >= 0.6 is 11.6 Å². The van der Waals surface area contributed by atoms with Gasteiger partial charge in [-0.15, -0.1) is 11.6 Å². The molecule has 0 bridgehead atoms. The first-order valence-corrected chi connectivity index (χ1v) is 6.26. The molecule has 2 aromatic rings. The number of rotatable bonds is 4. The zero-order valence-corrected chi connectivity index (χ0v) is 11.1. The molecule has 0 aliphatic carbocycles. The summed E-state index contributed by atoms with van der Waals surface area (Å²) in [4.78, 5) is 0. The fraction of sp³-hybridized carbons (Fsp3) is 0.200. The molecule has 100 valence electrons. The van der Waals surface area contributed by atoms with Gasteiger partial charge in [0, 0.05) is 5.56 Å². The van der Waals surface area contributed by atoms with Crippen molar-refractivity contribution in [2.75, 3.05) is 7.11 Å². The second-order valence-corrected chi connectivity index (χ2v) is 4.69. The predicted octanol–water partition coefficient (Wildman–Crippen LogP) is 4.50. The van der Waals surface area contributed by atoms with E-state index < -0.39 is 17.0 Å². The summed E-state index contributed by atoms with van der Waals surface area (Å²) in [6.45, 7) is 0. The van der Waals surface area contributed by atoms with E-state index in [2.05, 4.69) is 0 Å². The van der Waals surface area contributed by atoms with Crippen molar-refractivity contribution in [1.29, 1.82) is 0 Å². The molecular weight excluding hydrogens is 270 g/mol. The Bertz CT molecular complexity index is 555. The molecule has 4 heteroatoms. The van der Waals surface area contributed by atoms with Gasteiger partial charge >= 0.3 is 0 Å². The number of methoxy groups -OCH3 is 1. The fourth-order valence-corrected chi connectivity index (χ4v) is 2.19. The van der Waals surface area contributed by atoms with Crippen molar-refractivity contribution in [3.8, 4) is 5.75 Å². The number of benzene rings is 2. The highest BCUT2D eigenvalue weighted by Gasteiger charge is 2.16. The Morgan fingerprint density at radius 2 is 1.79 bits per heavy atom. The maximum atomic E-state index is 13.6. The van der Waals surface area contributed by atoms with Gasteiger partial charge in [0.2, 0.25) is 0 Å². The van der Waals surface area contributed by atoms with Gasteiger partial charge in [0.05, 0.1) is 12.5 Å². The molecule has 1 nitrogen and oxygen atoms in total. The van der Waals surface area contributed by atoms with Gasteiger partial charge in [0.15, 0.2) is 11.6 Å². The Labute approximate surface area is 115 Å². The third-order valence-corrected chi connectivity index (χ3v) is 3.28.